The zero-order valence-electron chi connectivity index (χ0n) is 19.7. The van der Waals surface area contributed by atoms with Gasteiger partial charge in [-0.3, -0.25) is 9.59 Å². The zero-order valence-corrected chi connectivity index (χ0v) is 20.5. The summed E-state index contributed by atoms with van der Waals surface area (Å²) in [6.45, 7) is 5.53. The van der Waals surface area contributed by atoms with Crippen molar-refractivity contribution in [3.05, 3.63) is 83.7 Å². The first-order chi connectivity index (χ1) is 16.3. The molecule has 1 aromatic heterocycles. The number of benzene rings is 2. The molecule has 7 heteroatoms. The highest BCUT2D eigenvalue weighted by Crippen LogP contribution is 2.39. The fraction of sp³-hybridized carbons (Fsp3) is 0.296. The molecular formula is C27H29NO5S. The molecule has 0 saturated heterocycles. The number of carbonyl (C=O) groups excluding carboxylic acids is 2. The van der Waals surface area contributed by atoms with Crippen LogP contribution in [0.5, 0.6) is 11.5 Å². The minimum Gasteiger partial charge on any atom is -0.503 e. The van der Waals surface area contributed by atoms with E-state index < -0.39 is 23.8 Å². The maximum absolute atomic E-state index is 12.9. The summed E-state index contributed by atoms with van der Waals surface area (Å²) in [5.41, 5.74) is 2.08. The minimum atomic E-state index is -0.706. The van der Waals surface area contributed by atoms with Gasteiger partial charge in [0.2, 0.25) is 0 Å². The maximum atomic E-state index is 12.9. The van der Waals surface area contributed by atoms with Gasteiger partial charge in [0.15, 0.2) is 23.0 Å². The molecule has 0 unspecified atom stereocenters. The fourth-order valence-electron chi connectivity index (χ4n) is 3.46. The second kappa shape index (κ2) is 11.7. The van der Waals surface area contributed by atoms with Gasteiger partial charge in [-0.2, -0.15) is 0 Å². The van der Waals surface area contributed by atoms with E-state index >= 15 is 0 Å². The number of hydrogen-bond donors (Lipinski definition) is 1. The summed E-state index contributed by atoms with van der Waals surface area (Å²) in [6.07, 6.45) is 0.797. The van der Waals surface area contributed by atoms with Gasteiger partial charge in [0.05, 0.1) is 18.3 Å². The average Bonchev–Trinajstić information content (AvgIpc) is 2.83. The number of thioether (sulfide) groups is 1. The molecule has 1 heterocycles. The third-order valence-corrected chi connectivity index (χ3v) is 6.86. The summed E-state index contributed by atoms with van der Waals surface area (Å²) in [5, 5.41) is 10.1. The molecular weight excluding hydrogens is 450 g/mol. The van der Waals surface area contributed by atoms with Crippen molar-refractivity contribution in [1.82, 2.24) is 4.98 Å². The zero-order chi connectivity index (χ0) is 24.7. The first kappa shape index (κ1) is 25.3. The number of aryl methyl sites for hydroxylation is 1. The summed E-state index contributed by atoms with van der Waals surface area (Å²) in [7, 11) is 1.39. The number of nitrogens with zero attached hydrogens (tertiary/aromatic N) is 1. The summed E-state index contributed by atoms with van der Waals surface area (Å²) in [4.78, 5) is 30.6. The lowest BCUT2D eigenvalue weighted by Crippen LogP contribution is -2.26. The molecule has 0 fully saturated rings. The highest BCUT2D eigenvalue weighted by Gasteiger charge is 2.28. The molecule has 0 aliphatic carbocycles. The number of carbonyl (C=O) groups is 2. The van der Waals surface area contributed by atoms with Crippen LogP contribution in [0.4, 0.5) is 0 Å². The summed E-state index contributed by atoms with van der Waals surface area (Å²) >= 11 is 1.63. The highest BCUT2D eigenvalue weighted by atomic mass is 32.2. The largest absolute Gasteiger partial charge is 0.503 e. The lowest BCUT2D eigenvalue weighted by atomic mass is 10.0. The molecule has 3 rings (SSSR count). The van der Waals surface area contributed by atoms with Crippen LogP contribution in [-0.4, -0.2) is 35.1 Å². The van der Waals surface area contributed by atoms with Crippen LogP contribution in [0.15, 0.2) is 71.8 Å². The van der Waals surface area contributed by atoms with Gasteiger partial charge in [-0.05, 0) is 31.5 Å². The molecule has 0 spiro atoms. The second-order valence-corrected chi connectivity index (χ2v) is 9.36. The number of aromatic nitrogens is 1. The van der Waals surface area contributed by atoms with Gasteiger partial charge in [-0.1, -0.05) is 55.0 Å². The Morgan fingerprint density at radius 1 is 1.03 bits per heavy atom. The number of Topliss-reactive ketones (excluding diaryl/α,β-unsaturated/α-hetero) is 1. The van der Waals surface area contributed by atoms with Crippen LogP contribution < -0.4 is 4.74 Å². The van der Waals surface area contributed by atoms with Gasteiger partial charge in [0.25, 0.3) is 0 Å². The average molecular weight is 480 g/mol. The van der Waals surface area contributed by atoms with Crippen LogP contribution in [-0.2, 0) is 9.53 Å². The van der Waals surface area contributed by atoms with E-state index in [-0.39, 0.29) is 28.9 Å². The molecule has 0 aliphatic rings. The molecule has 34 heavy (non-hydrogen) atoms. The van der Waals surface area contributed by atoms with Gasteiger partial charge in [-0.25, -0.2) is 4.98 Å². The van der Waals surface area contributed by atoms with Crippen LogP contribution in [0.3, 0.4) is 0 Å². The number of aromatic hydroxyl groups is 1. The number of esters is 1. The number of ketones is 1. The van der Waals surface area contributed by atoms with Crippen molar-refractivity contribution in [3.63, 3.8) is 0 Å². The van der Waals surface area contributed by atoms with Crippen LogP contribution in [0.25, 0.3) is 0 Å². The molecule has 178 valence electrons. The minimum absolute atomic E-state index is 0.121. The topological polar surface area (TPSA) is 85.7 Å². The Hall–Kier alpha value is -3.32. The maximum Gasteiger partial charge on any atom is 0.309 e. The van der Waals surface area contributed by atoms with E-state index in [4.69, 9.17) is 9.47 Å². The summed E-state index contributed by atoms with van der Waals surface area (Å²) < 4.78 is 10.9. The van der Waals surface area contributed by atoms with Crippen LogP contribution in [0.1, 0.15) is 47.1 Å². The molecule has 0 saturated carbocycles. The smallest absolute Gasteiger partial charge is 0.309 e. The van der Waals surface area contributed by atoms with Crippen LogP contribution in [0, 0.1) is 12.8 Å². The van der Waals surface area contributed by atoms with E-state index in [2.05, 4.69) is 4.98 Å². The SMILES string of the molecule is COc1ccnc(C(=O)C[C@@H](C)C(=O)O[C@@H](C)[C@H](Sc2ccccc2)c2ccc(C)cc2)c1O. The monoisotopic (exact) mass is 479 g/mol. The van der Waals surface area contributed by atoms with Crippen molar-refractivity contribution in [3.8, 4) is 11.5 Å². The van der Waals surface area contributed by atoms with Gasteiger partial charge < -0.3 is 14.6 Å². The van der Waals surface area contributed by atoms with Crippen molar-refractivity contribution in [1.29, 1.82) is 0 Å². The van der Waals surface area contributed by atoms with E-state index in [0.29, 0.717) is 0 Å². The molecule has 2 aromatic carbocycles. The Labute approximate surface area is 204 Å². The third kappa shape index (κ3) is 6.38. The summed E-state index contributed by atoms with van der Waals surface area (Å²) in [5.74, 6) is -1.82. The van der Waals surface area contributed by atoms with Crippen molar-refractivity contribution in [2.45, 2.75) is 43.4 Å². The van der Waals surface area contributed by atoms with Gasteiger partial charge in [0.1, 0.15) is 6.10 Å². The number of hydrogen-bond acceptors (Lipinski definition) is 7. The number of pyridine rings is 1. The van der Waals surface area contributed by atoms with E-state index in [1.807, 2.05) is 68.4 Å². The Morgan fingerprint density at radius 2 is 1.71 bits per heavy atom. The Bertz CT molecular complexity index is 1120. The standard InChI is InChI=1S/C27H29NO5S/c1-17-10-12-20(13-11-17)26(34-21-8-6-5-7-9-21)19(3)33-27(31)18(2)16-22(29)24-25(30)23(32-4)14-15-28-24/h5-15,18-19,26,30H,16H2,1-4H3/t18-,19+,26+/m1/s1. The molecule has 3 atom stereocenters. The molecule has 6 nitrogen and oxygen atoms in total. The first-order valence-corrected chi connectivity index (χ1v) is 11.9. The van der Waals surface area contributed by atoms with Crippen LogP contribution >= 0.6 is 11.8 Å². The van der Waals surface area contributed by atoms with Gasteiger partial charge >= 0.3 is 5.97 Å². The first-order valence-electron chi connectivity index (χ1n) is 11.0. The second-order valence-electron chi connectivity index (χ2n) is 8.14. The Kier molecular flexibility index (Phi) is 8.71. The third-order valence-electron chi connectivity index (χ3n) is 5.41. The highest BCUT2D eigenvalue weighted by molar-refractivity contribution is 7.99. The number of ether oxygens (including phenoxy) is 2. The molecule has 3 aromatic rings. The van der Waals surface area contributed by atoms with Crippen molar-refractivity contribution in [2.24, 2.45) is 5.92 Å². The van der Waals surface area contributed by atoms with Gasteiger partial charge in [-0.15, -0.1) is 11.8 Å². The Morgan fingerprint density at radius 3 is 2.35 bits per heavy atom. The van der Waals surface area contributed by atoms with E-state index in [9.17, 15) is 14.7 Å². The quantitative estimate of drug-likeness (QED) is 0.224. The Balaban J connectivity index is 1.71. The number of methoxy groups -OCH3 is 1. The lowest BCUT2D eigenvalue weighted by molar-refractivity contribution is -0.152. The van der Waals surface area contributed by atoms with E-state index in [1.165, 1.54) is 19.4 Å². The molecule has 0 aliphatic heterocycles. The lowest BCUT2D eigenvalue weighted by Gasteiger charge is -2.25. The number of rotatable bonds is 10. The molecule has 0 bridgehead atoms. The molecule has 0 amide bonds. The van der Waals surface area contributed by atoms with E-state index in [1.54, 1.807) is 18.7 Å². The van der Waals surface area contributed by atoms with Crippen molar-refractivity contribution in [2.75, 3.05) is 7.11 Å². The summed E-state index contributed by atoms with van der Waals surface area (Å²) in [6, 6.07) is 19.6. The van der Waals surface area contributed by atoms with E-state index in [0.717, 1.165) is 16.0 Å². The van der Waals surface area contributed by atoms with Crippen LogP contribution in [0.2, 0.25) is 0 Å². The van der Waals surface area contributed by atoms with Crippen molar-refractivity contribution >= 4 is 23.5 Å². The normalized spacial score (nSPS) is 13.5. The molecule has 0 radical (unpaired) electrons. The van der Waals surface area contributed by atoms with Crippen molar-refractivity contribution < 1.29 is 24.2 Å². The fourth-order valence-corrected chi connectivity index (χ4v) is 4.61. The molecule has 1 N–H and O–H groups in total. The predicted molar refractivity (Wildman–Crippen MR) is 132 cm³/mol. The predicted octanol–water partition coefficient (Wildman–Crippen LogP) is 5.78. The van der Waals surface area contributed by atoms with Gasteiger partial charge in [0, 0.05) is 23.6 Å².